The van der Waals surface area contributed by atoms with Crippen LogP contribution in [-0.2, 0) is 0 Å². The number of nitrogens with one attached hydrogen (secondary N) is 1. The van der Waals surface area contributed by atoms with Gasteiger partial charge in [-0.1, -0.05) is 11.1 Å². The summed E-state index contributed by atoms with van der Waals surface area (Å²) >= 11 is 0. The third-order valence-corrected chi connectivity index (χ3v) is 3.05. The van der Waals surface area contributed by atoms with Crippen molar-refractivity contribution in [3.63, 3.8) is 0 Å². The van der Waals surface area contributed by atoms with E-state index < -0.39 is 0 Å². The molecule has 1 rings (SSSR count). The molecule has 0 spiro atoms. The van der Waals surface area contributed by atoms with Crippen LogP contribution in [0.1, 0.15) is 33.6 Å². The van der Waals surface area contributed by atoms with Gasteiger partial charge < -0.3 is 10.4 Å². The van der Waals surface area contributed by atoms with Crippen molar-refractivity contribution >= 4 is 0 Å². The summed E-state index contributed by atoms with van der Waals surface area (Å²) in [5, 5.41) is 12.8. The Morgan fingerprint density at radius 3 is 2.46 bits per heavy atom. The third-order valence-electron chi connectivity index (χ3n) is 3.05. The summed E-state index contributed by atoms with van der Waals surface area (Å²) in [5.41, 5.74) is 2.89. The maximum Gasteiger partial charge on any atom is 0.0704 e. The van der Waals surface area contributed by atoms with Gasteiger partial charge in [0.15, 0.2) is 0 Å². The van der Waals surface area contributed by atoms with Crippen LogP contribution >= 0.6 is 0 Å². The lowest BCUT2D eigenvalue weighted by molar-refractivity contribution is 0.143. The van der Waals surface area contributed by atoms with E-state index >= 15 is 0 Å². The number of rotatable bonds is 3. The molecule has 2 nitrogen and oxygen atoms in total. The van der Waals surface area contributed by atoms with Gasteiger partial charge in [-0.2, -0.15) is 0 Å². The van der Waals surface area contributed by atoms with Gasteiger partial charge in [-0.05, 0) is 39.5 Å². The number of aliphatic hydroxyl groups excluding tert-OH is 1. The first-order valence-electron chi connectivity index (χ1n) is 5.13. The molecule has 2 atom stereocenters. The topological polar surface area (TPSA) is 32.3 Å². The minimum absolute atomic E-state index is 0.120. The quantitative estimate of drug-likeness (QED) is 0.653. The molecule has 0 radical (unpaired) electrons. The third kappa shape index (κ3) is 3.12. The van der Waals surface area contributed by atoms with E-state index in [0.717, 1.165) is 25.9 Å². The summed E-state index contributed by atoms with van der Waals surface area (Å²) < 4.78 is 0. The van der Waals surface area contributed by atoms with Crippen LogP contribution in [0.15, 0.2) is 11.1 Å². The number of hydrogen-bond donors (Lipinski definition) is 2. The first-order valence-corrected chi connectivity index (χ1v) is 5.13. The van der Waals surface area contributed by atoms with Crippen LogP contribution in [0, 0.1) is 5.92 Å². The maximum absolute atomic E-state index is 9.56. The zero-order valence-corrected chi connectivity index (χ0v) is 8.93. The van der Waals surface area contributed by atoms with E-state index in [1.165, 1.54) is 11.1 Å². The molecular weight excluding hydrogens is 162 g/mol. The highest BCUT2D eigenvalue weighted by molar-refractivity contribution is 5.06. The molecule has 0 saturated carbocycles. The van der Waals surface area contributed by atoms with Gasteiger partial charge in [-0.25, -0.2) is 0 Å². The zero-order chi connectivity index (χ0) is 9.84. The smallest absolute Gasteiger partial charge is 0.0704 e. The Kier molecular flexibility index (Phi) is 3.94. The lowest BCUT2D eigenvalue weighted by Crippen LogP contribution is -2.17. The van der Waals surface area contributed by atoms with Gasteiger partial charge >= 0.3 is 0 Å². The molecule has 0 aromatic rings. The number of β-amino-alcohol motifs (C(OH)–C–C–N with tert-alkyl or cyclic N) is 1. The van der Waals surface area contributed by atoms with Gasteiger partial charge in [0.05, 0.1) is 6.10 Å². The van der Waals surface area contributed by atoms with E-state index in [4.69, 9.17) is 0 Å². The molecule has 0 unspecified atom stereocenters. The van der Waals surface area contributed by atoms with E-state index in [1.54, 1.807) is 0 Å². The fourth-order valence-electron chi connectivity index (χ4n) is 1.67. The van der Waals surface area contributed by atoms with Crippen molar-refractivity contribution in [3.8, 4) is 0 Å². The first kappa shape index (κ1) is 10.7. The fraction of sp³-hybridized carbons (Fsp3) is 0.818. The highest BCUT2D eigenvalue weighted by Crippen LogP contribution is 2.19. The van der Waals surface area contributed by atoms with Gasteiger partial charge in [0.25, 0.3) is 0 Å². The van der Waals surface area contributed by atoms with Crippen molar-refractivity contribution in [2.24, 2.45) is 5.92 Å². The van der Waals surface area contributed by atoms with E-state index in [1.807, 2.05) is 0 Å². The van der Waals surface area contributed by atoms with Crippen molar-refractivity contribution in [2.75, 3.05) is 13.1 Å². The molecule has 0 aromatic heterocycles. The molecule has 0 aliphatic carbocycles. The van der Waals surface area contributed by atoms with Crippen LogP contribution in [0.25, 0.3) is 0 Å². The van der Waals surface area contributed by atoms with Crippen LogP contribution in [0.3, 0.4) is 0 Å². The molecule has 1 aliphatic heterocycles. The predicted molar refractivity (Wildman–Crippen MR) is 55.6 cm³/mol. The Morgan fingerprint density at radius 1 is 1.31 bits per heavy atom. The standard InChI is InChI=1S/C11H21NO/c1-8(2)9(3)4-5-10-6-12-7-11(10)13/h10-13H,4-7H2,1-3H3/t10-,11-/m1/s1. The van der Waals surface area contributed by atoms with Crippen molar-refractivity contribution in [1.29, 1.82) is 0 Å². The van der Waals surface area contributed by atoms with E-state index in [9.17, 15) is 5.11 Å². The Labute approximate surface area is 81.0 Å². The molecule has 0 aromatic carbocycles. The van der Waals surface area contributed by atoms with Gasteiger partial charge in [0.2, 0.25) is 0 Å². The molecular formula is C11H21NO. The summed E-state index contributed by atoms with van der Waals surface area (Å²) in [6.07, 6.45) is 2.13. The van der Waals surface area contributed by atoms with Crippen LogP contribution in [0.5, 0.6) is 0 Å². The van der Waals surface area contributed by atoms with Crippen molar-refractivity contribution in [1.82, 2.24) is 5.32 Å². The van der Waals surface area contributed by atoms with Crippen molar-refractivity contribution in [2.45, 2.75) is 39.7 Å². The van der Waals surface area contributed by atoms with Crippen LogP contribution in [-0.4, -0.2) is 24.3 Å². The van der Waals surface area contributed by atoms with Crippen LogP contribution in [0.2, 0.25) is 0 Å². The Balaban J connectivity index is 2.30. The average Bonchev–Trinajstić information content (AvgIpc) is 2.47. The minimum Gasteiger partial charge on any atom is -0.391 e. The Hall–Kier alpha value is -0.340. The summed E-state index contributed by atoms with van der Waals surface area (Å²) in [4.78, 5) is 0. The van der Waals surface area contributed by atoms with Crippen molar-refractivity contribution < 1.29 is 5.11 Å². The minimum atomic E-state index is -0.120. The number of aliphatic hydroxyl groups is 1. The van der Waals surface area contributed by atoms with Crippen LogP contribution < -0.4 is 5.32 Å². The van der Waals surface area contributed by atoms with E-state index in [0.29, 0.717) is 5.92 Å². The second-order valence-corrected chi connectivity index (χ2v) is 4.30. The normalized spacial score (nSPS) is 27.7. The molecule has 1 fully saturated rings. The van der Waals surface area contributed by atoms with Crippen LogP contribution in [0.4, 0.5) is 0 Å². The molecule has 2 heteroatoms. The average molecular weight is 183 g/mol. The lowest BCUT2D eigenvalue weighted by atomic mass is 9.96. The van der Waals surface area contributed by atoms with E-state index in [-0.39, 0.29) is 6.10 Å². The maximum atomic E-state index is 9.56. The molecule has 2 N–H and O–H groups in total. The first-order chi connectivity index (χ1) is 6.11. The fourth-order valence-corrected chi connectivity index (χ4v) is 1.67. The molecule has 1 aliphatic rings. The SMILES string of the molecule is CC(C)=C(C)CC[C@@H]1CNC[C@H]1O. The highest BCUT2D eigenvalue weighted by atomic mass is 16.3. The Bertz CT molecular complexity index is 194. The molecule has 76 valence electrons. The van der Waals surface area contributed by atoms with Crippen molar-refractivity contribution in [3.05, 3.63) is 11.1 Å². The summed E-state index contributed by atoms with van der Waals surface area (Å²) in [5.74, 6) is 0.467. The molecule has 13 heavy (non-hydrogen) atoms. The molecule has 0 amide bonds. The molecule has 1 saturated heterocycles. The number of allylic oxidation sites excluding steroid dienone is 2. The number of hydrogen-bond acceptors (Lipinski definition) is 2. The summed E-state index contributed by atoms with van der Waals surface area (Å²) in [6, 6.07) is 0. The largest absolute Gasteiger partial charge is 0.391 e. The molecule has 1 heterocycles. The highest BCUT2D eigenvalue weighted by Gasteiger charge is 2.24. The zero-order valence-electron chi connectivity index (χ0n) is 8.93. The lowest BCUT2D eigenvalue weighted by Gasteiger charge is -2.13. The second kappa shape index (κ2) is 4.77. The van der Waals surface area contributed by atoms with Gasteiger partial charge in [0, 0.05) is 13.1 Å². The van der Waals surface area contributed by atoms with E-state index in [2.05, 4.69) is 26.1 Å². The summed E-state index contributed by atoms with van der Waals surface area (Å²) in [6.45, 7) is 8.25. The monoisotopic (exact) mass is 183 g/mol. The summed E-state index contributed by atoms with van der Waals surface area (Å²) in [7, 11) is 0. The molecule has 0 bridgehead atoms. The second-order valence-electron chi connectivity index (χ2n) is 4.30. The van der Waals surface area contributed by atoms with Gasteiger partial charge in [-0.3, -0.25) is 0 Å². The van der Waals surface area contributed by atoms with Gasteiger partial charge in [0.1, 0.15) is 0 Å². The predicted octanol–water partition coefficient (Wildman–Crippen LogP) is 1.70. The van der Waals surface area contributed by atoms with Gasteiger partial charge in [-0.15, -0.1) is 0 Å². The Morgan fingerprint density at radius 2 is 2.00 bits per heavy atom.